The van der Waals surface area contributed by atoms with Crippen LogP contribution in [0.4, 0.5) is 19.0 Å². The fourth-order valence-electron chi connectivity index (χ4n) is 1.99. The van der Waals surface area contributed by atoms with Gasteiger partial charge in [-0.2, -0.15) is 13.2 Å². The third kappa shape index (κ3) is 3.27. The van der Waals surface area contributed by atoms with Gasteiger partial charge in [0.15, 0.2) is 5.69 Å². The van der Waals surface area contributed by atoms with Gasteiger partial charge in [-0.05, 0) is 30.9 Å². The number of aliphatic hydroxyl groups excluding tert-OH is 1. The molecule has 106 valence electrons. The summed E-state index contributed by atoms with van der Waals surface area (Å²) in [5.41, 5.74) is -1.07. The van der Waals surface area contributed by atoms with Crippen molar-refractivity contribution in [2.45, 2.75) is 31.5 Å². The Balaban J connectivity index is 2.33. The van der Waals surface area contributed by atoms with Crippen LogP contribution < -0.4 is 4.90 Å². The second kappa shape index (κ2) is 5.50. The van der Waals surface area contributed by atoms with Crippen molar-refractivity contribution in [3.05, 3.63) is 17.0 Å². The van der Waals surface area contributed by atoms with Crippen LogP contribution in [0.5, 0.6) is 0 Å². The minimum atomic E-state index is -4.56. The Kier molecular flexibility index (Phi) is 4.15. The number of aromatic nitrogens is 2. The lowest BCUT2D eigenvalue weighted by atomic mass is 9.91. The molecule has 2 rings (SSSR count). The highest BCUT2D eigenvalue weighted by Gasteiger charge is 2.35. The standard InChI is InChI=1S/C11H13ClF3N3O/c12-10-16-8(11(13,14)15)6-9(17-10)18(4-5-19)7-2-1-3-7/h6-7,19H,1-5H2. The molecule has 1 aliphatic carbocycles. The first-order valence-corrected chi connectivity index (χ1v) is 6.29. The minimum Gasteiger partial charge on any atom is -0.395 e. The molecule has 1 aromatic heterocycles. The van der Waals surface area contributed by atoms with E-state index >= 15 is 0 Å². The summed E-state index contributed by atoms with van der Waals surface area (Å²) in [5, 5.41) is 8.59. The van der Waals surface area contributed by atoms with Crippen LogP contribution in [0.1, 0.15) is 25.0 Å². The van der Waals surface area contributed by atoms with E-state index in [1.807, 2.05) is 0 Å². The summed E-state index contributed by atoms with van der Waals surface area (Å²) in [5.74, 6) is 0.117. The van der Waals surface area contributed by atoms with E-state index in [1.165, 1.54) is 0 Å². The van der Waals surface area contributed by atoms with Crippen LogP contribution in [0.15, 0.2) is 6.07 Å². The molecule has 0 spiro atoms. The van der Waals surface area contributed by atoms with Crippen molar-refractivity contribution in [3.8, 4) is 0 Å². The van der Waals surface area contributed by atoms with Crippen LogP contribution in [0.3, 0.4) is 0 Å². The summed E-state index contributed by atoms with van der Waals surface area (Å²) in [6.07, 6.45) is -1.78. The molecule has 1 aliphatic rings. The van der Waals surface area contributed by atoms with Gasteiger partial charge in [0, 0.05) is 18.7 Å². The Hall–Kier alpha value is -1.08. The third-order valence-electron chi connectivity index (χ3n) is 3.13. The van der Waals surface area contributed by atoms with E-state index in [1.54, 1.807) is 4.90 Å². The lowest BCUT2D eigenvalue weighted by Crippen LogP contribution is -2.42. The molecule has 19 heavy (non-hydrogen) atoms. The van der Waals surface area contributed by atoms with Crippen LogP contribution in [0, 0.1) is 0 Å². The summed E-state index contributed by atoms with van der Waals surface area (Å²) >= 11 is 5.55. The van der Waals surface area contributed by atoms with Crippen LogP contribution in [-0.2, 0) is 6.18 Å². The molecule has 4 nitrogen and oxygen atoms in total. The smallest absolute Gasteiger partial charge is 0.395 e. The van der Waals surface area contributed by atoms with Crippen molar-refractivity contribution in [2.24, 2.45) is 0 Å². The molecule has 0 saturated heterocycles. The number of nitrogens with zero attached hydrogens (tertiary/aromatic N) is 3. The van der Waals surface area contributed by atoms with E-state index in [0.717, 1.165) is 25.3 Å². The fraction of sp³-hybridized carbons (Fsp3) is 0.636. The van der Waals surface area contributed by atoms with E-state index in [2.05, 4.69) is 9.97 Å². The van der Waals surface area contributed by atoms with Gasteiger partial charge < -0.3 is 10.0 Å². The summed E-state index contributed by atoms with van der Waals surface area (Å²) in [4.78, 5) is 8.69. The van der Waals surface area contributed by atoms with Crippen molar-refractivity contribution in [2.75, 3.05) is 18.1 Å². The van der Waals surface area contributed by atoms with Gasteiger partial charge in [0.2, 0.25) is 5.28 Å². The molecule has 1 aromatic rings. The maximum Gasteiger partial charge on any atom is 0.433 e. The van der Waals surface area contributed by atoms with Crippen molar-refractivity contribution >= 4 is 17.4 Å². The van der Waals surface area contributed by atoms with Gasteiger partial charge in [-0.15, -0.1) is 0 Å². The van der Waals surface area contributed by atoms with E-state index < -0.39 is 17.2 Å². The predicted octanol–water partition coefficient (Wildman–Crippen LogP) is 2.50. The van der Waals surface area contributed by atoms with Crippen LogP contribution in [-0.4, -0.2) is 34.3 Å². The molecular weight excluding hydrogens is 283 g/mol. The van der Waals surface area contributed by atoms with Gasteiger partial charge in [-0.3, -0.25) is 0 Å². The molecule has 0 aliphatic heterocycles. The van der Waals surface area contributed by atoms with Gasteiger partial charge in [0.1, 0.15) is 5.82 Å². The Labute approximate surface area is 113 Å². The second-order valence-corrected chi connectivity index (χ2v) is 4.72. The van der Waals surface area contributed by atoms with Crippen molar-refractivity contribution in [1.82, 2.24) is 9.97 Å². The SMILES string of the molecule is OCCN(c1cc(C(F)(F)F)nc(Cl)n1)C1CCC1. The van der Waals surface area contributed by atoms with Crippen molar-refractivity contribution in [1.29, 1.82) is 0 Å². The molecule has 1 saturated carbocycles. The lowest BCUT2D eigenvalue weighted by Gasteiger charge is -2.38. The highest BCUT2D eigenvalue weighted by atomic mass is 35.5. The Bertz CT molecular complexity index is 451. The molecule has 1 N–H and O–H groups in total. The summed E-state index contributed by atoms with van der Waals surface area (Å²) in [6.45, 7) is 0.0782. The quantitative estimate of drug-likeness (QED) is 0.867. The molecule has 1 heterocycles. The van der Waals surface area contributed by atoms with Crippen LogP contribution in [0.25, 0.3) is 0 Å². The average Bonchev–Trinajstić information content (AvgIpc) is 2.24. The normalized spacial score (nSPS) is 16.3. The van der Waals surface area contributed by atoms with Gasteiger partial charge in [0.25, 0.3) is 0 Å². The highest BCUT2D eigenvalue weighted by Crippen LogP contribution is 2.33. The van der Waals surface area contributed by atoms with E-state index in [0.29, 0.717) is 0 Å². The number of hydrogen-bond donors (Lipinski definition) is 1. The number of alkyl halides is 3. The molecule has 8 heteroatoms. The van der Waals surface area contributed by atoms with E-state index in [-0.39, 0.29) is 25.0 Å². The van der Waals surface area contributed by atoms with Crippen molar-refractivity contribution in [3.63, 3.8) is 0 Å². The van der Waals surface area contributed by atoms with Gasteiger partial charge in [0.05, 0.1) is 6.61 Å². The maximum atomic E-state index is 12.7. The topological polar surface area (TPSA) is 49.2 Å². The number of hydrogen-bond acceptors (Lipinski definition) is 4. The molecule has 0 aromatic carbocycles. The van der Waals surface area contributed by atoms with Crippen LogP contribution >= 0.6 is 11.6 Å². The summed E-state index contributed by atoms with van der Waals surface area (Å²) in [7, 11) is 0. The molecule has 0 radical (unpaired) electrons. The van der Waals surface area contributed by atoms with Crippen LogP contribution in [0.2, 0.25) is 5.28 Å². The minimum absolute atomic E-state index is 0.110. The first kappa shape index (κ1) is 14.3. The number of halogens is 4. The Morgan fingerprint density at radius 1 is 1.37 bits per heavy atom. The molecule has 0 unspecified atom stereocenters. The summed E-state index contributed by atoms with van der Waals surface area (Å²) in [6, 6.07) is 0.985. The highest BCUT2D eigenvalue weighted by molar-refractivity contribution is 6.28. The van der Waals surface area contributed by atoms with Gasteiger partial charge in [-0.25, -0.2) is 9.97 Å². The second-order valence-electron chi connectivity index (χ2n) is 4.38. The largest absolute Gasteiger partial charge is 0.433 e. The Morgan fingerprint density at radius 2 is 2.05 bits per heavy atom. The van der Waals surface area contributed by atoms with E-state index in [9.17, 15) is 13.2 Å². The predicted molar refractivity (Wildman–Crippen MR) is 64.1 cm³/mol. The zero-order valence-corrected chi connectivity index (χ0v) is 10.7. The zero-order chi connectivity index (χ0) is 14.0. The van der Waals surface area contributed by atoms with Gasteiger partial charge in [-0.1, -0.05) is 0 Å². The zero-order valence-electron chi connectivity index (χ0n) is 9.99. The monoisotopic (exact) mass is 295 g/mol. The number of rotatable bonds is 4. The summed E-state index contributed by atoms with van der Waals surface area (Å²) < 4.78 is 38.0. The molecule has 1 fully saturated rings. The third-order valence-corrected chi connectivity index (χ3v) is 3.30. The first-order valence-electron chi connectivity index (χ1n) is 5.91. The fourth-order valence-corrected chi connectivity index (χ4v) is 2.17. The Morgan fingerprint density at radius 3 is 2.53 bits per heavy atom. The number of anilines is 1. The molecule has 0 bridgehead atoms. The number of aliphatic hydroxyl groups is 1. The molecule has 0 atom stereocenters. The maximum absolute atomic E-state index is 12.7. The van der Waals surface area contributed by atoms with Crippen molar-refractivity contribution < 1.29 is 18.3 Å². The van der Waals surface area contributed by atoms with Gasteiger partial charge >= 0.3 is 6.18 Å². The average molecular weight is 296 g/mol. The van der Waals surface area contributed by atoms with E-state index in [4.69, 9.17) is 16.7 Å². The molecule has 0 amide bonds. The first-order chi connectivity index (χ1) is 8.91. The lowest BCUT2D eigenvalue weighted by molar-refractivity contribution is -0.141. The molecular formula is C11H13ClF3N3O.